The van der Waals surface area contributed by atoms with E-state index in [0.717, 1.165) is 11.5 Å². The molecule has 28 heavy (non-hydrogen) atoms. The van der Waals surface area contributed by atoms with Crippen LogP contribution in [0.1, 0.15) is 45.9 Å². The molecule has 0 bridgehead atoms. The van der Waals surface area contributed by atoms with Gasteiger partial charge in [0.15, 0.2) is 0 Å². The lowest BCUT2D eigenvalue weighted by molar-refractivity contribution is 0.548. The quantitative estimate of drug-likeness (QED) is 0.372. The second kappa shape index (κ2) is 5.97. The Labute approximate surface area is 165 Å². The molecule has 6 rings (SSSR count). The van der Waals surface area contributed by atoms with Gasteiger partial charge in [-0.3, -0.25) is 0 Å². The van der Waals surface area contributed by atoms with Crippen molar-refractivity contribution in [1.82, 2.24) is 0 Å². The smallest absolute Gasteiger partial charge is 0.134 e. The third-order valence-corrected chi connectivity index (χ3v) is 6.39. The summed E-state index contributed by atoms with van der Waals surface area (Å²) in [7, 11) is 0. The Hall–Kier alpha value is -3.06. The van der Waals surface area contributed by atoms with Gasteiger partial charge in [0.05, 0.1) is 0 Å². The first-order valence-electron chi connectivity index (χ1n) is 10.2. The van der Waals surface area contributed by atoms with Gasteiger partial charge in [-0.2, -0.15) is 0 Å². The van der Waals surface area contributed by atoms with Crippen molar-refractivity contribution in [2.75, 3.05) is 0 Å². The minimum absolute atomic E-state index is 0.271. The van der Waals surface area contributed by atoms with Crippen LogP contribution in [0.15, 0.2) is 71.2 Å². The largest absolute Gasteiger partial charge is 0.461 e. The van der Waals surface area contributed by atoms with Gasteiger partial charge in [0, 0.05) is 11.5 Å². The average Bonchev–Trinajstić information content (AvgIpc) is 3.44. The Kier molecular flexibility index (Phi) is 3.40. The Morgan fingerprint density at radius 3 is 2.61 bits per heavy atom. The second-order valence-corrected chi connectivity index (χ2v) is 8.10. The Balaban J connectivity index is 1.62. The van der Waals surface area contributed by atoms with Crippen molar-refractivity contribution in [3.63, 3.8) is 0 Å². The molecule has 1 heteroatoms. The third kappa shape index (κ3) is 2.32. The molecule has 4 aromatic rings. The number of hydrogen-bond donors (Lipinski definition) is 0. The van der Waals surface area contributed by atoms with Gasteiger partial charge in [-0.25, -0.2) is 0 Å². The summed E-state index contributed by atoms with van der Waals surface area (Å²) in [4.78, 5) is 0. The van der Waals surface area contributed by atoms with Crippen molar-refractivity contribution < 1.29 is 4.42 Å². The molecule has 1 aromatic heterocycles. The van der Waals surface area contributed by atoms with E-state index >= 15 is 0 Å². The summed E-state index contributed by atoms with van der Waals surface area (Å²) in [5.74, 6) is 2.18. The molecule has 0 saturated heterocycles. The van der Waals surface area contributed by atoms with Crippen molar-refractivity contribution in [3.05, 3.63) is 100 Å². The van der Waals surface area contributed by atoms with Crippen LogP contribution in [0.25, 0.3) is 28.2 Å². The highest BCUT2D eigenvalue weighted by molar-refractivity contribution is 5.93. The first-order chi connectivity index (χ1) is 13.8. The lowest BCUT2D eigenvalue weighted by Gasteiger charge is -2.19. The fourth-order valence-electron chi connectivity index (χ4n) is 5.06. The predicted octanol–water partition coefficient (Wildman–Crippen LogP) is 7.06. The molecule has 1 unspecified atom stereocenters. The highest BCUT2D eigenvalue weighted by atomic mass is 16.3. The lowest BCUT2D eigenvalue weighted by atomic mass is 9.84. The van der Waals surface area contributed by atoms with Crippen LogP contribution < -0.4 is 0 Å². The van der Waals surface area contributed by atoms with Crippen LogP contribution >= 0.6 is 0 Å². The number of allylic oxidation sites excluding steroid dienone is 1. The molecule has 0 fully saturated rings. The molecule has 0 spiro atoms. The highest BCUT2D eigenvalue weighted by Gasteiger charge is 2.27. The van der Waals surface area contributed by atoms with Gasteiger partial charge in [-0.1, -0.05) is 60.7 Å². The highest BCUT2D eigenvalue weighted by Crippen LogP contribution is 2.45. The average molecular weight is 362 g/mol. The molecule has 0 amide bonds. The van der Waals surface area contributed by atoms with Gasteiger partial charge in [0.25, 0.3) is 0 Å². The molecule has 1 heterocycles. The van der Waals surface area contributed by atoms with Gasteiger partial charge in [0.2, 0.25) is 0 Å². The van der Waals surface area contributed by atoms with Gasteiger partial charge in [-0.05, 0) is 76.9 Å². The van der Waals surface area contributed by atoms with Crippen LogP contribution in [-0.4, -0.2) is 0 Å². The molecule has 0 radical (unpaired) electrons. The molecular formula is C27H22O. The van der Waals surface area contributed by atoms with Crippen molar-refractivity contribution >= 4 is 16.8 Å². The molecule has 3 aromatic carbocycles. The molecule has 136 valence electrons. The Morgan fingerprint density at radius 2 is 1.75 bits per heavy atom. The van der Waals surface area contributed by atoms with Crippen molar-refractivity contribution in [2.24, 2.45) is 0 Å². The zero-order chi connectivity index (χ0) is 18.7. The minimum atomic E-state index is 0.271. The molecule has 0 aliphatic heterocycles. The standard InChI is InChI=1S/C27H22O/c1-17-9-14-26(28-17)24-13-10-18-5-2-3-8-22(18)27(24)23-12-11-21-15-19-6-4-7-20(19)16-25(21)23/h2-3,5,8-16,23H,4,6-7H2,1H3. The summed E-state index contributed by atoms with van der Waals surface area (Å²) in [5, 5.41) is 2.60. The van der Waals surface area contributed by atoms with E-state index in [1.54, 1.807) is 11.1 Å². The summed E-state index contributed by atoms with van der Waals surface area (Å²) in [6.07, 6.45) is 8.43. The van der Waals surface area contributed by atoms with E-state index in [2.05, 4.69) is 72.8 Å². The van der Waals surface area contributed by atoms with Crippen LogP contribution in [-0.2, 0) is 12.8 Å². The van der Waals surface area contributed by atoms with E-state index in [4.69, 9.17) is 4.42 Å². The van der Waals surface area contributed by atoms with Gasteiger partial charge in [0.1, 0.15) is 11.5 Å². The zero-order valence-corrected chi connectivity index (χ0v) is 16.0. The van der Waals surface area contributed by atoms with Crippen LogP contribution in [0.4, 0.5) is 0 Å². The third-order valence-electron chi connectivity index (χ3n) is 6.39. The lowest BCUT2D eigenvalue weighted by Crippen LogP contribution is -2.01. The molecule has 0 N–H and O–H groups in total. The topological polar surface area (TPSA) is 13.1 Å². The van der Waals surface area contributed by atoms with Crippen LogP contribution in [0.3, 0.4) is 0 Å². The number of furan rings is 1. The summed E-state index contributed by atoms with van der Waals surface area (Å²) in [5.41, 5.74) is 8.49. The number of rotatable bonds is 2. The van der Waals surface area contributed by atoms with Crippen LogP contribution in [0, 0.1) is 6.92 Å². The summed E-state index contributed by atoms with van der Waals surface area (Å²) < 4.78 is 6.06. The SMILES string of the molecule is Cc1ccc(-c2ccc3ccccc3c2C2C=Cc3cc4c(cc32)CCC4)o1. The molecule has 2 aliphatic carbocycles. The number of aryl methyl sites for hydroxylation is 3. The molecule has 2 aliphatic rings. The molecule has 1 nitrogen and oxygen atoms in total. The molecule has 1 atom stereocenters. The maximum Gasteiger partial charge on any atom is 0.134 e. The zero-order valence-electron chi connectivity index (χ0n) is 16.0. The first-order valence-corrected chi connectivity index (χ1v) is 10.2. The minimum Gasteiger partial charge on any atom is -0.461 e. The second-order valence-electron chi connectivity index (χ2n) is 8.10. The van der Waals surface area contributed by atoms with Crippen molar-refractivity contribution in [2.45, 2.75) is 32.1 Å². The Bertz CT molecular complexity index is 1250. The summed E-state index contributed by atoms with van der Waals surface area (Å²) in [6.45, 7) is 2.01. The summed E-state index contributed by atoms with van der Waals surface area (Å²) >= 11 is 0. The van der Waals surface area contributed by atoms with Gasteiger partial charge >= 0.3 is 0 Å². The van der Waals surface area contributed by atoms with E-state index < -0.39 is 0 Å². The fraction of sp³-hybridized carbons (Fsp3) is 0.185. The van der Waals surface area contributed by atoms with Crippen molar-refractivity contribution in [3.8, 4) is 11.3 Å². The Morgan fingerprint density at radius 1 is 0.893 bits per heavy atom. The predicted molar refractivity (Wildman–Crippen MR) is 116 cm³/mol. The van der Waals surface area contributed by atoms with E-state index in [9.17, 15) is 0 Å². The maximum atomic E-state index is 6.06. The van der Waals surface area contributed by atoms with E-state index in [0.29, 0.717) is 0 Å². The number of hydrogen-bond acceptors (Lipinski definition) is 1. The normalized spacial score (nSPS) is 17.2. The van der Waals surface area contributed by atoms with Gasteiger partial charge < -0.3 is 4.42 Å². The maximum absolute atomic E-state index is 6.06. The van der Waals surface area contributed by atoms with E-state index in [1.165, 1.54) is 52.3 Å². The van der Waals surface area contributed by atoms with Gasteiger partial charge in [-0.15, -0.1) is 0 Å². The molecule has 0 saturated carbocycles. The molecular weight excluding hydrogens is 340 g/mol. The summed E-state index contributed by atoms with van der Waals surface area (Å²) in [6, 6.07) is 22.2. The number of fused-ring (bicyclic) bond motifs is 3. The van der Waals surface area contributed by atoms with Crippen LogP contribution in [0.5, 0.6) is 0 Å². The number of benzene rings is 3. The first kappa shape index (κ1) is 15.9. The monoisotopic (exact) mass is 362 g/mol. The van der Waals surface area contributed by atoms with Crippen LogP contribution in [0.2, 0.25) is 0 Å². The van der Waals surface area contributed by atoms with Crippen molar-refractivity contribution in [1.29, 1.82) is 0 Å². The van der Waals surface area contributed by atoms with E-state index in [-0.39, 0.29) is 5.92 Å². The fourth-order valence-corrected chi connectivity index (χ4v) is 5.06. The van der Waals surface area contributed by atoms with E-state index in [1.807, 2.05) is 6.92 Å².